The second-order valence-corrected chi connectivity index (χ2v) is 6.55. The molecule has 0 aliphatic heterocycles. The number of aromatic nitrogens is 1. The zero-order chi connectivity index (χ0) is 13.6. The van der Waals surface area contributed by atoms with Crippen LogP contribution in [-0.2, 0) is 0 Å². The standard InChI is InChI=1S/C15H11BrINO/c1-8-7-12-14(13(16)9(8)2)19-15(18-12)10-3-5-11(17)6-4-10/h3-7H,1-2H3. The predicted molar refractivity (Wildman–Crippen MR) is 89.3 cm³/mol. The van der Waals surface area contributed by atoms with Gasteiger partial charge >= 0.3 is 0 Å². The molecule has 0 spiro atoms. The van der Waals surface area contributed by atoms with Crippen molar-refractivity contribution in [3.8, 4) is 11.5 Å². The Hall–Kier alpha value is -0.880. The van der Waals surface area contributed by atoms with Gasteiger partial charge in [0.1, 0.15) is 5.52 Å². The second kappa shape index (κ2) is 4.90. The SMILES string of the molecule is Cc1cc2nc(-c3ccc(I)cc3)oc2c(Br)c1C. The van der Waals surface area contributed by atoms with Crippen LogP contribution in [0.15, 0.2) is 39.2 Å². The molecule has 19 heavy (non-hydrogen) atoms. The molecule has 0 fully saturated rings. The van der Waals surface area contributed by atoms with Crippen molar-refractivity contribution in [1.82, 2.24) is 4.98 Å². The van der Waals surface area contributed by atoms with Crippen molar-refractivity contribution in [2.45, 2.75) is 13.8 Å². The van der Waals surface area contributed by atoms with Crippen molar-refractivity contribution in [1.29, 1.82) is 0 Å². The number of hydrogen-bond acceptors (Lipinski definition) is 2. The summed E-state index contributed by atoms with van der Waals surface area (Å²) in [7, 11) is 0. The van der Waals surface area contributed by atoms with Crippen molar-refractivity contribution in [3.05, 3.63) is 49.5 Å². The first-order chi connectivity index (χ1) is 9.06. The van der Waals surface area contributed by atoms with Crippen LogP contribution in [0.2, 0.25) is 0 Å². The summed E-state index contributed by atoms with van der Waals surface area (Å²) in [6.45, 7) is 4.16. The van der Waals surface area contributed by atoms with Gasteiger partial charge in [0.2, 0.25) is 5.89 Å². The summed E-state index contributed by atoms with van der Waals surface area (Å²) in [5, 5.41) is 0. The van der Waals surface area contributed by atoms with Crippen LogP contribution in [-0.4, -0.2) is 4.98 Å². The molecule has 0 atom stereocenters. The van der Waals surface area contributed by atoms with E-state index in [0.29, 0.717) is 5.89 Å². The summed E-state index contributed by atoms with van der Waals surface area (Å²) < 4.78 is 8.09. The van der Waals surface area contributed by atoms with Gasteiger partial charge in [0.15, 0.2) is 5.58 Å². The molecule has 96 valence electrons. The Morgan fingerprint density at radius 3 is 2.53 bits per heavy atom. The Morgan fingerprint density at radius 1 is 1.16 bits per heavy atom. The first-order valence-electron chi connectivity index (χ1n) is 5.88. The molecule has 1 aromatic heterocycles. The third kappa shape index (κ3) is 2.31. The Balaban J connectivity index is 2.22. The highest BCUT2D eigenvalue weighted by molar-refractivity contribution is 14.1. The largest absolute Gasteiger partial charge is 0.435 e. The van der Waals surface area contributed by atoms with Crippen molar-refractivity contribution in [3.63, 3.8) is 0 Å². The van der Waals surface area contributed by atoms with Crippen LogP contribution in [0, 0.1) is 17.4 Å². The molecule has 0 amide bonds. The molecule has 4 heteroatoms. The fraction of sp³-hybridized carbons (Fsp3) is 0.133. The Morgan fingerprint density at radius 2 is 1.84 bits per heavy atom. The van der Waals surface area contributed by atoms with Gasteiger partial charge in [-0.05, 0) is 93.8 Å². The topological polar surface area (TPSA) is 26.0 Å². The Labute approximate surface area is 133 Å². The van der Waals surface area contributed by atoms with Gasteiger partial charge in [-0.25, -0.2) is 4.98 Å². The molecule has 0 unspecified atom stereocenters. The Kier molecular flexibility index (Phi) is 3.39. The molecule has 0 saturated heterocycles. The maximum absolute atomic E-state index is 5.90. The van der Waals surface area contributed by atoms with Gasteiger partial charge < -0.3 is 4.42 Å². The lowest BCUT2D eigenvalue weighted by atomic mass is 10.1. The summed E-state index contributed by atoms with van der Waals surface area (Å²) in [6, 6.07) is 10.2. The molecule has 0 aliphatic rings. The van der Waals surface area contributed by atoms with Gasteiger partial charge in [0.05, 0.1) is 4.47 Å². The van der Waals surface area contributed by atoms with Gasteiger partial charge in [-0.15, -0.1) is 0 Å². The number of aryl methyl sites for hydroxylation is 1. The first kappa shape index (κ1) is 13.1. The average molecular weight is 428 g/mol. The molecule has 2 nitrogen and oxygen atoms in total. The van der Waals surface area contributed by atoms with Crippen LogP contribution in [0.25, 0.3) is 22.6 Å². The van der Waals surface area contributed by atoms with Gasteiger partial charge in [0.25, 0.3) is 0 Å². The summed E-state index contributed by atoms with van der Waals surface area (Å²) in [4.78, 5) is 4.58. The van der Waals surface area contributed by atoms with E-state index in [1.165, 1.54) is 14.7 Å². The number of oxazole rings is 1. The zero-order valence-corrected chi connectivity index (χ0v) is 14.2. The predicted octanol–water partition coefficient (Wildman–Crippen LogP) is 5.48. The molecule has 0 N–H and O–H groups in total. The molecule has 1 heterocycles. The number of fused-ring (bicyclic) bond motifs is 1. The van der Waals surface area contributed by atoms with Crippen LogP contribution >= 0.6 is 38.5 Å². The van der Waals surface area contributed by atoms with Gasteiger partial charge in [-0.2, -0.15) is 0 Å². The van der Waals surface area contributed by atoms with Crippen molar-refractivity contribution < 1.29 is 4.42 Å². The molecule has 0 radical (unpaired) electrons. The minimum Gasteiger partial charge on any atom is -0.435 e. The van der Waals surface area contributed by atoms with E-state index in [4.69, 9.17) is 4.42 Å². The lowest BCUT2D eigenvalue weighted by molar-refractivity contribution is 0.617. The quantitative estimate of drug-likeness (QED) is 0.480. The van der Waals surface area contributed by atoms with E-state index in [0.717, 1.165) is 21.1 Å². The number of benzene rings is 2. The summed E-state index contributed by atoms with van der Waals surface area (Å²) in [6.07, 6.45) is 0. The highest BCUT2D eigenvalue weighted by Gasteiger charge is 2.13. The molecule has 2 aromatic carbocycles. The third-order valence-electron chi connectivity index (χ3n) is 3.22. The van der Waals surface area contributed by atoms with E-state index < -0.39 is 0 Å². The number of nitrogens with zero attached hydrogens (tertiary/aromatic N) is 1. The lowest BCUT2D eigenvalue weighted by Gasteiger charge is -2.01. The zero-order valence-electron chi connectivity index (χ0n) is 10.5. The van der Waals surface area contributed by atoms with Gasteiger partial charge in [-0.1, -0.05) is 0 Å². The summed E-state index contributed by atoms with van der Waals surface area (Å²) >= 11 is 5.88. The smallest absolute Gasteiger partial charge is 0.227 e. The maximum Gasteiger partial charge on any atom is 0.227 e. The fourth-order valence-electron chi connectivity index (χ4n) is 1.96. The first-order valence-corrected chi connectivity index (χ1v) is 7.75. The normalized spacial score (nSPS) is 11.2. The average Bonchev–Trinajstić information content (AvgIpc) is 2.81. The van der Waals surface area contributed by atoms with Gasteiger partial charge in [-0.3, -0.25) is 0 Å². The van der Waals surface area contributed by atoms with E-state index in [-0.39, 0.29) is 0 Å². The van der Waals surface area contributed by atoms with Crippen LogP contribution in [0.5, 0.6) is 0 Å². The van der Waals surface area contributed by atoms with Crippen LogP contribution < -0.4 is 0 Å². The molecule has 0 bridgehead atoms. The lowest BCUT2D eigenvalue weighted by Crippen LogP contribution is -1.83. The third-order valence-corrected chi connectivity index (χ3v) is 4.89. The Bertz CT molecular complexity index is 762. The molecule has 0 saturated carbocycles. The van der Waals surface area contributed by atoms with Crippen LogP contribution in [0.3, 0.4) is 0 Å². The van der Waals surface area contributed by atoms with Crippen molar-refractivity contribution in [2.75, 3.05) is 0 Å². The number of hydrogen-bond donors (Lipinski definition) is 0. The number of halogens is 2. The van der Waals surface area contributed by atoms with E-state index in [9.17, 15) is 0 Å². The van der Waals surface area contributed by atoms with E-state index in [2.05, 4.69) is 75.6 Å². The van der Waals surface area contributed by atoms with Gasteiger partial charge in [0, 0.05) is 9.13 Å². The van der Waals surface area contributed by atoms with E-state index in [1.807, 2.05) is 12.1 Å². The molecule has 0 aliphatic carbocycles. The molecular formula is C15H11BrINO. The van der Waals surface area contributed by atoms with Crippen LogP contribution in [0.4, 0.5) is 0 Å². The summed E-state index contributed by atoms with van der Waals surface area (Å²) in [5.41, 5.74) is 5.11. The molecular weight excluding hydrogens is 417 g/mol. The maximum atomic E-state index is 5.90. The summed E-state index contributed by atoms with van der Waals surface area (Å²) in [5.74, 6) is 0.664. The highest BCUT2D eigenvalue weighted by Crippen LogP contribution is 2.33. The van der Waals surface area contributed by atoms with E-state index >= 15 is 0 Å². The fourth-order valence-corrected chi connectivity index (χ4v) is 2.92. The minimum atomic E-state index is 0.664. The highest BCUT2D eigenvalue weighted by atomic mass is 127. The minimum absolute atomic E-state index is 0.664. The molecule has 3 rings (SSSR count). The van der Waals surface area contributed by atoms with Crippen LogP contribution in [0.1, 0.15) is 11.1 Å². The van der Waals surface area contributed by atoms with Crippen molar-refractivity contribution in [2.24, 2.45) is 0 Å². The number of rotatable bonds is 1. The van der Waals surface area contributed by atoms with Crippen molar-refractivity contribution >= 4 is 49.6 Å². The van der Waals surface area contributed by atoms with E-state index in [1.54, 1.807) is 0 Å². The molecule has 3 aromatic rings. The monoisotopic (exact) mass is 427 g/mol. The second-order valence-electron chi connectivity index (χ2n) is 4.51.